The van der Waals surface area contributed by atoms with Crippen molar-refractivity contribution < 1.29 is 76.1 Å². The van der Waals surface area contributed by atoms with Crippen LogP contribution in [0, 0.1) is 0 Å². The van der Waals surface area contributed by atoms with Gasteiger partial charge in [-0.05, 0) is 117 Å². The standard InChI is InChI=1S/C34H64N4O10.HI/c1-30(2,3)44-25(39)24(37(28(42)47-33(10,11)12)29(43)48-34(13,14)15)18-17-21-38(16,22-19-35-26(40)45-31(4,5)6)23-20-36-27(41)46-32(7,8)9;/h24H,17-23H2,1-16H3,(H-,35,36,40,41);1H/t24-;/m0./s1. The molecule has 49 heavy (non-hydrogen) atoms. The molecule has 1 atom stereocenters. The van der Waals surface area contributed by atoms with Crippen LogP contribution >= 0.6 is 0 Å². The lowest BCUT2D eigenvalue weighted by Crippen LogP contribution is -3.00. The van der Waals surface area contributed by atoms with E-state index in [0.29, 0.717) is 35.4 Å². The van der Waals surface area contributed by atoms with E-state index in [1.165, 1.54) is 0 Å². The fourth-order valence-electron chi connectivity index (χ4n) is 4.16. The van der Waals surface area contributed by atoms with Crippen LogP contribution in [0.2, 0.25) is 0 Å². The maximum absolute atomic E-state index is 13.6. The van der Waals surface area contributed by atoms with Gasteiger partial charge in [0.1, 0.15) is 34.0 Å². The van der Waals surface area contributed by atoms with Crippen molar-refractivity contribution in [3.05, 3.63) is 0 Å². The van der Waals surface area contributed by atoms with Gasteiger partial charge in [-0.3, -0.25) is 0 Å². The molecule has 0 heterocycles. The molecular weight excluding hydrogens is 751 g/mol. The van der Waals surface area contributed by atoms with E-state index in [-0.39, 0.29) is 43.5 Å². The molecule has 4 amide bonds. The molecule has 0 radical (unpaired) electrons. The number of imide groups is 1. The SMILES string of the molecule is CC(C)(C)OC(=O)NCC[N+](C)(CCC[C@@H](C(=O)OC(C)(C)C)N(C(=O)OC(C)(C)C)C(=O)OC(C)(C)C)CCNC(=O)OC(C)(C)C.[I-]. The number of ether oxygens (including phenoxy) is 5. The van der Waals surface area contributed by atoms with Gasteiger partial charge in [-0.25, -0.2) is 24.0 Å². The Morgan fingerprint density at radius 2 is 0.878 bits per heavy atom. The van der Waals surface area contributed by atoms with Crippen LogP contribution in [-0.4, -0.2) is 114 Å². The van der Waals surface area contributed by atoms with Crippen LogP contribution in [0.4, 0.5) is 19.2 Å². The third-order valence-corrected chi connectivity index (χ3v) is 5.99. The number of halogens is 1. The minimum atomic E-state index is -1.36. The molecule has 0 spiro atoms. The normalized spacial score (nSPS) is 13.2. The Bertz CT molecular complexity index is 1030. The summed E-state index contributed by atoms with van der Waals surface area (Å²) in [4.78, 5) is 65.8. The van der Waals surface area contributed by atoms with Crippen molar-refractivity contribution in [3.63, 3.8) is 0 Å². The summed E-state index contributed by atoms with van der Waals surface area (Å²) in [7, 11) is 1.94. The molecule has 0 aromatic heterocycles. The number of alkyl carbamates (subject to hydrolysis) is 2. The number of nitrogens with zero attached hydrogens (tertiary/aromatic N) is 2. The predicted octanol–water partition coefficient (Wildman–Crippen LogP) is 3.15. The Hall–Kier alpha value is -2.56. The summed E-state index contributed by atoms with van der Waals surface area (Å²) in [6.07, 6.45) is -2.82. The van der Waals surface area contributed by atoms with Gasteiger partial charge < -0.3 is 62.8 Å². The van der Waals surface area contributed by atoms with E-state index in [2.05, 4.69) is 10.6 Å². The predicted molar refractivity (Wildman–Crippen MR) is 182 cm³/mol. The summed E-state index contributed by atoms with van der Waals surface area (Å²) in [5, 5.41) is 5.53. The summed E-state index contributed by atoms with van der Waals surface area (Å²) >= 11 is 0. The zero-order valence-electron chi connectivity index (χ0n) is 32.9. The third kappa shape index (κ3) is 24.3. The lowest BCUT2D eigenvalue weighted by atomic mass is 10.1. The van der Waals surface area contributed by atoms with E-state index in [9.17, 15) is 24.0 Å². The number of hydrogen-bond donors (Lipinski definition) is 2. The first-order chi connectivity index (χ1) is 21.3. The number of nitrogens with one attached hydrogen (secondary N) is 2. The van der Waals surface area contributed by atoms with Crippen molar-refractivity contribution >= 4 is 30.3 Å². The van der Waals surface area contributed by atoms with Crippen molar-refractivity contribution in [2.75, 3.05) is 39.8 Å². The molecule has 0 aromatic rings. The van der Waals surface area contributed by atoms with Crippen molar-refractivity contribution in [1.82, 2.24) is 15.5 Å². The average molecular weight is 817 g/mol. The van der Waals surface area contributed by atoms with Crippen LogP contribution < -0.4 is 34.6 Å². The summed E-state index contributed by atoms with van der Waals surface area (Å²) in [6.45, 7) is 27.5. The first-order valence-corrected chi connectivity index (χ1v) is 16.6. The van der Waals surface area contributed by atoms with Gasteiger partial charge in [-0.1, -0.05) is 0 Å². The van der Waals surface area contributed by atoms with Gasteiger partial charge in [-0.15, -0.1) is 0 Å². The minimum absolute atomic E-state index is 0. The average Bonchev–Trinajstić information content (AvgIpc) is 2.77. The lowest BCUT2D eigenvalue weighted by Gasteiger charge is -2.36. The van der Waals surface area contributed by atoms with E-state index in [1.807, 2.05) is 7.05 Å². The molecule has 0 aliphatic carbocycles. The van der Waals surface area contributed by atoms with Gasteiger partial charge in [0, 0.05) is 0 Å². The molecule has 0 aromatic carbocycles. The largest absolute Gasteiger partial charge is 1.00 e. The number of hydrogen-bond acceptors (Lipinski definition) is 10. The molecule has 14 nitrogen and oxygen atoms in total. The highest BCUT2D eigenvalue weighted by Crippen LogP contribution is 2.22. The fourth-order valence-corrected chi connectivity index (χ4v) is 4.16. The maximum atomic E-state index is 13.6. The van der Waals surface area contributed by atoms with E-state index >= 15 is 0 Å². The molecule has 2 N–H and O–H groups in total. The fraction of sp³-hybridized carbons (Fsp3) is 0.853. The minimum Gasteiger partial charge on any atom is -1.00 e. The monoisotopic (exact) mass is 816 g/mol. The number of likely N-dealkylation sites (N-methyl/N-ethyl adjacent to an activating group) is 1. The molecule has 0 saturated heterocycles. The van der Waals surface area contributed by atoms with Crippen molar-refractivity contribution in [2.45, 2.75) is 151 Å². The number of quaternary nitrogens is 1. The number of esters is 1. The molecule has 15 heteroatoms. The van der Waals surface area contributed by atoms with Gasteiger partial charge in [0.15, 0.2) is 0 Å². The number of carbonyl (C=O) groups excluding carboxylic acids is 5. The van der Waals surface area contributed by atoms with Crippen molar-refractivity contribution in [1.29, 1.82) is 0 Å². The second-order valence-corrected chi connectivity index (χ2v) is 17.2. The third-order valence-electron chi connectivity index (χ3n) is 5.99. The lowest BCUT2D eigenvalue weighted by molar-refractivity contribution is -0.907. The highest BCUT2D eigenvalue weighted by atomic mass is 127. The first-order valence-electron chi connectivity index (χ1n) is 16.6. The first kappa shape index (κ1) is 48.6. The van der Waals surface area contributed by atoms with Crippen molar-refractivity contribution in [2.24, 2.45) is 0 Å². The Balaban J connectivity index is 0. The summed E-state index contributed by atoms with van der Waals surface area (Å²) in [6, 6.07) is -1.36. The van der Waals surface area contributed by atoms with Crippen LogP contribution in [0.3, 0.4) is 0 Å². The van der Waals surface area contributed by atoms with Gasteiger partial charge in [0.05, 0.1) is 39.8 Å². The molecule has 0 aliphatic rings. The molecule has 0 fully saturated rings. The summed E-state index contributed by atoms with van der Waals surface area (Å²) in [5.41, 5.74) is -4.16. The Labute approximate surface area is 311 Å². The van der Waals surface area contributed by atoms with Crippen molar-refractivity contribution in [3.8, 4) is 0 Å². The number of rotatable bonds is 12. The van der Waals surface area contributed by atoms with E-state index < -0.39 is 64.4 Å². The molecule has 0 saturated carbocycles. The van der Waals surface area contributed by atoms with Crippen LogP contribution in [0.1, 0.15) is 117 Å². The Morgan fingerprint density at radius 1 is 0.551 bits per heavy atom. The van der Waals surface area contributed by atoms with Gasteiger partial charge in [0.2, 0.25) is 0 Å². The van der Waals surface area contributed by atoms with Crippen LogP contribution in [0.15, 0.2) is 0 Å². The quantitative estimate of drug-likeness (QED) is 0.130. The molecule has 0 unspecified atom stereocenters. The number of carbonyl (C=O) groups is 5. The van der Waals surface area contributed by atoms with E-state index in [1.54, 1.807) is 104 Å². The Morgan fingerprint density at radius 3 is 1.18 bits per heavy atom. The zero-order valence-corrected chi connectivity index (χ0v) is 35.0. The molecule has 0 bridgehead atoms. The molecular formula is C34H65IN4O10. The second-order valence-electron chi connectivity index (χ2n) is 17.2. The second kappa shape index (κ2) is 19.2. The van der Waals surface area contributed by atoms with Gasteiger partial charge in [-0.2, -0.15) is 4.90 Å². The van der Waals surface area contributed by atoms with Crippen LogP contribution in [0.25, 0.3) is 0 Å². The highest BCUT2D eigenvalue weighted by Gasteiger charge is 2.42. The molecule has 0 aliphatic heterocycles. The highest BCUT2D eigenvalue weighted by molar-refractivity contribution is 5.94. The summed E-state index contributed by atoms with van der Waals surface area (Å²) in [5.74, 6) is -0.786. The maximum Gasteiger partial charge on any atom is 0.420 e. The van der Waals surface area contributed by atoms with Gasteiger partial charge in [0.25, 0.3) is 0 Å². The topological polar surface area (TPSA) is 159 Å². The zero-order chi connectivity index (χ0) is 37.9. The summed E-state index contributed by atoms with van der Waals surface area (Å²) < 4.78 is 27.8. The van der Waals surface area contributed by atoms with E-state index in [0.717, 1.165) is 0 Å². The smallest absolute Gasteiger partial charge is 0.420 e. The van der Waals surface area contributed by atoms with Crippen LogP contribution in [-0.2, 0) is 28.5 Å². The van der Waals surface area contributed by atoms with Gasteiger partial charge >= 0.3 is 30.3 Å². The number of amides is 4. The molecule has 0 rings (SSSR count). The Kier molecular flexibility index (Phi) is 19.0. The van der Waals surface area contributed by atoms with E-state index in [4.69, 9.17) is 23.7 Å². The molecule has 288 valence electrons. The van der Waals surface area contributed by atoms with Crippen LogP contribution in [0.5, 0.6) is 0 Å².